The number of carbonyl (C=O) groups is 1. The van der Waals surface area contributed by atoms with Crippen molar-refractivity contribution in [3.8, 4) is 0 Å². The van der Waals surface area contributed by atoms with Crippen molar-refractivity contribution in [2.75, 3.05) is 5.75 Å². The van der Waals surface area contributed by atoms with E-state index in [1.54, 1.807) is 57.2 Å². The van der Waals surface area contributed by atoms with E-state index in [0.29, 0.717) is 10.6 Å². The fraction of sp³-hybridized carbons (Fsp3) is 0.381. The number of benzene rings is 2. The molecule has 2 aromatic rings. The van der Waals surface area contributed by atoms with Crippen molar-refractivity contribution in [2.45, 2.75) is 50.3 Å². The number of hydrogen-bond donors (Lipinski definition) is 0. The monoisotopic (exact) mass is 441 g/mol. The zero-order valence-corrected chi connectivity index (χ0v) is 17.8. The molecule has 0 unspecified atom stereocenters. The zero-order valence-electron chi connectivity index (χ0n) is 17.0. The number of sulfone groups is 1. The fourth-order valence-corrected chi connectivity index (χ4v) is 4.00. The predicted octanol–water partition coefficient (Wildman–Crippen LogP) is 4.46. The summed E-state index contributed by atoms with van der Waals surface area (Å²) in [5.41, 5.74) is -0.374. The molecule has 164 valence electrons. The van der Waals surface area contributed by atoms with Crippen molar-refractivity contribution in [1.82, 2.24) is 5.06 Å². The Morgan fingerprint density at radius 3 is 2.03 bits per heavy atom. The van der Waals surface area contributed by atoms with E-state index in [1.165, 1.54) is 24.3 Å². The second-order valence-corrected chi connectivity index (χ2v) is 9.60. The Balaban J connectivity index is 2.31. The molecule has 1 atom stereocenters. The van der Waals surface area contributed by atoms with Crippen LogP contribution in [-0.4, -0.2) is 43.4 Å². The van der Waals surface area contributed by atoms with Gasteiger partial charge in [0.05, 0.1) is 10.6 Å². The van der Waals surface area contributed by atoms with Crippen molar-refractivity contribution >= 4 is 15.9 Å². The average Bonchev–Trinajstić information content (AvgIpc) is 2.67. The standard InChI is InChI=1S/C21H25F2NO5S/c1-21(2,3)29-20(25)24(28-14-16-10-6-4-7-11-16)18(19(22)23)15-30(26,27)17-12-8-5-9-13-17/h4-13,18-19H,14-15H2,1-3H3/t18-/m0/s1. The van der Waals surface area contributed by atoms with Crippen molar-refractivity contribution in [3.63, 3.8) is 0 Å². The maximum atomic E-state index is 13.9. The first-order chi connectivity index (χ1) is 14.0. The number of halogens is 2. The van der Waals surface area contributed by atoms with Crippen molar-refractivity contribution < 1.29 is 31.6 Å². The topological polar surface area (TPSA) is 72.9 Å². The Bertz CT molecular complexity index is 915. The van der Waals surface area contributed by atoms with Gasteiger partial charge in [-0.2, -0.15) is 5.06 Å². The minimum atomic E-state index is -4.12. The maximum absolute atomic E-state index is 13.9. The van der Waals surface area contributed by atoms with E-state index in [9.17, 15) is 22.0 Å². The minimum Gasteiger partial charge on any atom is -0.442 e. The first-order valence-corrected chi connectivity index (χ1v) is 10.9. The number of rotatable bonds is 8. The van der Waals surface area contributed by atoms with Crippen LogP contribution in [0.15, 0.2) is 65.6 Å². The fourth-order valence-electron chi connectivity index (χ4n) is 2.50. The summed E-state index contributed by atoms with van der Waals surface area (Å²) in [6.07, 6.45) is -4.38. The number of ether oxygens (including phenoxy) is 1. The Morgan fingerprint density at radius 2 is 1.53 bits per heavy atom. The van der Waals surface area contributed by atoms with Gasteiger partial charge in [-0.25, -0.2) is 22.0 Å². The van der Waals surface area contributed by atoms with Gasteiger partial charge in [0.15, 0.2) is 9.84 Å². The minimum absolute atomic E-state index is 0.122. The van der Waals surface area contributed by atoms with E-state index in [2.05, 4.69) is 0 Å². The van der Waals surface area contributed by atoms with Crippen molar-refractivity contribution in [2.24, 2.45) is 0 Å². The molecule has 6 nitrogen and oxygen atoms in total. The van der Waals surface area contributed by atoms with Crippen LogP contribution in [0.1, 0.15) is 26.3 Å². The summed E-state index contributed by atoms with van der Waals surface area (Å²) in [5.74, 6) is -1.03. The summed E-state index contributed by atoms with van der Waals surface area (Å²) in [5, 5.41) is 0.337. The lowest BCUT2D eigenvalue weighted by Gasteiger charge is -2.32. The predicted molar refractivity (Wildman–Crippen MR) is 108 cm³/mol. The Hall–Kier alpha value is -2.52. The molecule has 0 aliphatic rings. The van der Waals surface area contributed by atoms with Crippen LogP contribution in [0.5, 0.6) is 0 Å². The quantitative estimate of drug-likeness (QED) is 0.566. The van der Waals surface area contributed by atoms with Gasteiger partial charge in [0.2, 0.25) is 0 Å². The molecule has 2 aromatic carbocycles. The first-order valence-electron chi connectivity index (χ1n) is 9.24. The third-order valence-corrected chi connectivity index (χ3v) is 5.64. The maximum Gasteiger partial charge on any atom is 0.434 e. The third kappa shape index (κ3) is 7.07. The second kappa shape index (κ2) is 9.99. The molecule has 0 saturated heterocycles. The summed E-state index contributed by atoms with van der Waals surface area (Å²) in [7, 11) is -4.12. The van der Waals surface area contributed by atoms with E-state index in [1.807, 2.05) is 0 Å². The van der Waals surface area contributed by atoms with E-state index >= 15 is 0 Å². The molecule has 1 amide bonds. The Morgan fingerprint density at radius 1 is 1.00 bits per heavy atom. The van der Waals surface area contributed by atoms with Crippen LogP contribution in [-0.2, 0) is 26.0 Å². The van der Waals surface area contributed by atoms with E-state index in [-0.39, 0.29) is 11.5 Å². The van der Waals surface area contributed by atoms with Gasteiger partial charge >= 0.3 is 6.09 Å². The molecule has 30 heavy (non-hydrogen) atoms. The van der Waals surface area contributed by atoms with Crippen LogP contribution in [0.25, 0.3) is 0 Å². The average molecular weight is 441 g/mol. The largest absolute Gasteiger partial charge is 0.442 e. The van der Waals surface area contributed by atoms with E-state index in [0.717, 1.165) is 0 Å². The summed E-state index contributed by atoms with van der Waals surface area (Å²) < 4.78 is 58.3. The summed E-state index contributed by atoms with van der Waals surface area (Å²) in [4.78, 5) is 17.8. The third-order valence-electron chi connectivity index (χ3n) is 3.87. The molecule has 0 bridgehead atoms. The van der Waals surface area contributed by atoms with Gasteiger partial charge in [-0.05, 0) is 38.5 Å². The molecule has 0 N–H and O–H groups in total. The highest BCUT2D eigenvalue weighted by molar-refractivity contribution is 7.91. The summed E-state index contributed by atoms with van der Waals surface area (Å²) in [6, 6.07) is 13.7. The summed E-state index contributed by atoms with van der Waals surface area (Å²) in [6.45, 7) is 4.49. The van der Waals surface area contributed by atoms with E-state index in [4.69, 9.17) is 9.57 Å². The molecule has 0 spiro atoms. The van der Waals surface area contributed by atoms with Gasteiger partial charge in [0.1, 0.15) is 18.2 Å². The zero-order chi connectivity index (χ0) is 22.4. The molecule has 0 fully saturated rings. The lowest BCUT2D eigenvalue weighted by molar-refractivity contribution is -0.196. The normalized spacial score (nSPS) is 13.1. The van der Waals surface area contributed by atoms with Crippen molar-refractivity contribution in [1.29, 1.82) is 0 Å². The molecule has 2 rings (SSSR count). The highest BCUT2D eigenvalue weighted by Crippen LogP contribution is 2.22. The van der Waals surface area contributed by atoms with Crippen molar-refractivity contribution in [3.05, 3.63) is 66.2 Å². The van der Waals surface area contributed by atoms with Crippen LogP contribution in [0.3, 0.4) is 0 Å². The van der Waals surface area contributed by atoms with Gasteiger partial charge in [-0.3, -0.25) is 4.84 Å². The lowest BCUT2D eigenvalue weighted by atomic mass is 10.2. The van der Waals surface area contributed by atoms with Gasteiger partial charge in [-0.1, -0.05) is 48.5 Å². The molecule has 0 heterocycles. The molecule has 0 saturated carbocycles. The number of amides is 1. The highest BCUT2D eigenvalue weighted by Gasteiger charge is 2.39. The van der Waals surface area contributed by atoms with Crippen LogP contribution in [0.2, 0.25) is 0 Å². The SMILES string of the molecule is CC(C)(C)OC(=O)N(OCc1ccccc1)[C@@H](CS(=O)(=O)c1ccccc1)C(F)F. The Labute approximate surface area is 175 Å². The van der Waals surface area contributed by atoms with Gasteiger partial charge < -0.3 is 4.74 Å². The number of hydroxylamine groups is 2. The smallest absolute Gasteiger partial charge is 0.434 e. The number of nitrogens with zero attached hydrogens (tertiary/aromatic N) is 1. The number of hydrogen-bond acceptors (Lipinski definition) is 5. The van der Waals surface area contributed by atoms with Crippen LogP contribution < -0.4 is 0 Å². The molecule has 0 radical (unpaired) electrons. The number of carbonyl (C=O) groups excluding carboxylic acids is 1. The number of alkyl halides is 2. The Kier molecular flexibility index (Phi) is 7.91. The molecule has 0 aromatic heterocycles. The van der Waals surface area contributed by atoms with Crippen LogP contribution in [0.4, 0.5) is 13.6 Å². The first kappa shape index (κ1) is 23.8. The molecule has 0 aliphatic carbocycles. The molecule has 0 aliphatic heterocycles. The highest BCUT2D eigenvalue weighted by atomic mass is 32.2. The molecular formula is C21H25F2NO5S. The van der Waals surface area contributed by atoms with Gasteiger partial charge in [0.25, 0.3) is 6.43 Å². The lowest BCUT2D eigenvalue weighted by Crippen LogP contribution is -2.49. The van der Waals surface area contributed by atoms with Crippen LogP contribution in [0, 0.1) is 0 Å². The summed E-state index contributed by atoms with van der Waals surface area (Å²) >= 11 is 0. The molecule has 9 heteroatoms. The van der Waals surface area contributed by atoms with E-state index < -0.39 is 39.8 Å². The van der Waals surface area contributed by atoms with Crippen LogP contribution >= 0.6 is 0 Å². The van der Waals surface area contributed by atoms with Gasteiger partial charge in [-0.15, -0.1) is 0 Å². The van der Waals surface area contributed by atoms with Gasteiger partial charge in [0, 0.05) is 0 Å². The second-order valence-electron chi connectivity index (χ2n) is 7.56. The molecular weight excluding hydrogens is 416 g/mol.